The second kappa shape index (κ2) is 4.96. The van der Waals surface area contributed by atoms with Crippen LogP contribution in [0.4, 0.5) is 17.6 Å². The Morgan fingerprint density at radius 1 is 1.24 bits per heavy atom. The second-order valence-corrected chi connectivity index (χ2v) is 5.29. The molecule has 8 heteroatoms. The molecule has 0 saturated carbocycles. The zero-order chi connectivity index (χ0) is 15.3. The summed E-state index contributed by atoms with van der Waals surface area (Å²) in [5, 5.41) is 9.21. The van der Waals surface area contributed by atoms with Crippen LogP contribution in [0.5, 0.6) is 0 Å². The van der Waals surface area contributed by atoms with Crippen molar-refractivity contribution in [3.05, 3.63) is 51.1 Å². The minimum absolute atomic E-state index is 0.0986. The molecule has 0 aliphatic carbocycles. The molecule has 0 spiro atoms. The van der Waals surface area contributed by atoms with E-state index in [2.05, 4.69) is 4.98 Å². The number of aliphatic hydroxyl groups is 1. The molecule has 112 valence electrons. The van der Waals surface area contributed by atoms with E-state index in [0.29, 0.717) is 16.2 Å². The van der Waals surface area contributed by atoms with E-state index < -0.39 is 34.8 Å². The highest BCUT2D eigenvalue weighted by molar-refractivity contribution is 7.71. The maximum absolute atomic E-state index is 13.8. The quantitative estimate of drug-likeness (QED) is 0.508. The summed E-state index contributed by atoms with van der Waals surface area (Å²) in [4.78, 5) is 2.78. The van der Waals surface area contributed by atoms with Gasteiger partial charge in [-0.15, -0.1) is 0 Å². The first-order valence-corrected chi connectivity index (χ1v) is 6.59. The van der Waals surface area contributed by atoms with Crippen LogP contribution in [0.15, 0.2) is 6.07 Å². The molecule has 0 radical (unpaired) electrons. The number of H-pyrrole nitrogens is 1. The minimum Gasteiger partial charge on any atom is -0.390 e. The van der Waals surface area contributed by atoms with Gasteiger partial charge in [0.15, 0.2) is 28.0 Å². The number of halogens is 4. The molecule has 0 bridgehead atoms. The molecule has 0 fully saturated rings. The van der Waals surface area contributed by atoms with E-state index in [1.54, 1.807) is 4.57 Å². The van der Waals surface area contributed by atoms with Crippen molar-refractivity contribution < 1.29 is 22.7 Å². The van der Waals surface area contributed by atoms with Crippen molar-refractivity contribution in [1.82, 2.24) is 9.55 Å². The number of fused-ring (bicyclic) bond motifs is 1. The summed E-state index contributed by atoms with van der Waals surface area (Å²) in [6.45, 7) is -0.206. The molecule has 1 unspecified atom stereocenters. The zero-order valence-corrected chi connectivity index (χ0v) is 11.4. The third kappa shape index (κ3) is 2.09. The Morgan fingerprint density at radius 3 is 2.43 bits per heavy atom. The van der Waals surface area contributed by atoms with Gasteiger partial charge in [-0.25, -0.2) is 17.6 Å². The van der Waals surface area contributed by atoms with Gasteiger partial charge in [0.25, 0.3) is 0 Å². The molecular weight excluding hydrogens is 308 g/mol. The Labute approximate surface area is 121 Å². The summed E-state index contributed by atoms with van der Waals surface area (Å²) in [5.74, 6) is -6.39. The van der Waals surface area contributed by atoms with Crippen LogP contribution in [0.2, 0.25) is 0 Å². The third-order valence-electron chi connectivity index (χ3n) is 3.73. The largest absolute Gasteiger partial charge is 0.390 e. The highest BCUT2D eigenvalue weighted by Crippen LogP contribution is 2.35. The summed E-state index contributed by atoms with van der Waals surface area (Å²) in [5.41, 5.74) is 0.422. The number of aliphatic hydroxyl groups excluding tert-OH is 1. The van der Waals surface area contributed by atoms with Crippen LogP contribution >= 0.6 is 12.2 Å². The van der Waals surface area contributed by atoms with Crippen molar-refractivity contribution in [2.24, 2.45) is 0 Å². The maximum atomic E-state index is 13.8. The first-order valence-electron chi connectivity index (χ1n) is 6.18. The molecule has 0 saturated heterocycles. The first-order chi connectivity index (χ1) is 9.93. The highest BCUT2D eigenvalue weighted by Gasteiger charge is 2.33. The molecule has 3 nitrogen and oxygen atoms in total. The number of hydrogen-bond acceptors (Lipinski definition) is 2. The van der Waals surface area contributed by atoms with Gasteiger partial charge >= 0.3 is 0 Å². The molecule has 2 N–H and O–H groups in total. The van der Waals surface area contributed by atoms with E-state index >= 15 is 0 Å². The molecule has 21 heavy (non-hydrogen) atoms. The monoisotopic (exact) mass is 318 g/mol. The van der Waals surface area contributed by atoms with E-state index in [9.17, 15) is 22.7 Å². The van der Waals surface area contributed by atoms with Crippen LogP contribution in [0, 0.1) is 28.0 Å². The number of imidazole rings is 1. The fourth-order valence-electron chi connectivity index (χ4n) is 2.77. The number of nitrogens with one attached hydrogen (secondary N) is 1. The van der Waals surface area contributed by atoms with E-state index in [-0.39, 0.29) is 25.6 Å². The lowest BCUT2D eigenvalue weighted by Gasteiger charge is -2.13. The number of aromatic nitrogens is 2. The van der Waals surface area contributed by atoms with Gasteiger partial charge in [0, 0.05) is 29.8 Å². The predicted octanol–water partition coefficient (Wildman–Crippen LogP) is 2.93. The molecule has 2 heterocycles. The normalized spacial score (nSPS) is 17.3. The van der Waals surface area contributed by atoms with Crippen LogP contribution in [-0.2, 0) is 19.6 Å². The van der Waals surface area contributed by atoms with Crippen LogP contribution in [-0.4, -0.2) is 14.7 Å². The van der Waals surface area contributed by atoms with Crippen molar-refractivity contribution in [2.75, 3.05) is 0 Å². The van der Waals surface area contributed by atoms with Gasteiger partial charge in [-0.3, -0.25) is 0 Å². The zero-order valence-electron chi connectivity index (χ0n) is 10.6. The van der Waals surface area contributed by atoms with Gasteiger partial charge in [0.1, 0.15) is 0 Å². The van der Waals surface area contributed by atoms with E-state index in [1.165, 1.54) is 0 Å². The van der Waals surface area contributed by atoms with Crippen LogP contribution < -0.4 is 0 Å². The van der Waals surface area contributed by atoms with Crippen molar-refractivity contribution in [3.8, 4) is 0 Å². The summed E-state index contributed by atoms with van der Waals surface area (Å²) in [6.07, 6.45) is 0.139. The van der Waals surface area contributed by atoms with Crippen molar-refractivity contribution >= 4 is 12.2 Å². The fraction of sp³-hybridized carbons (Fsp3) is 0.308. The van der Waals surface area contributed by atoms with E-state index in [0.717, 1.165) is 0 Å². The lowest BCUT2D eigenvalue weighted by Crippen LogP contribution is -2.10. The summed E-state index contributed by atoms with van der Waals surface area (Å²) in [7, 11) is 0. The third-order valence-corrected chi connectivity index (χ3v) is 4.05. The predicted molar refractivity (Wildman–Crippen MR) is 68.3 cm³/mol. The Kier molecular flexibility index (Phi) is 3.37. The topological polar surface area (TPSA) is 40.9 Å². The summed E-state index contributed by atoms with van der Waals surface area (Å²) in [6, 6.07) is 0.189. The SMILES string of the molecule is OCc1[nH]c(=S)n2c1CC(c1c(F)c(F)cc(F)c1F)C2. The standard InChI is InChI=1S/C13H10F4N2OS/c14-6-2-7(15)12(17)10(11(6)16)5-1-9-8(4-20)18-13(21)19(9)3-5/h2,5,20H,1,3-4H2,(H,18,21). The van der Waals surface area contributed by atoms with Gasteiger partial charge in [-0.05, 0) is 18.6 Å². The van der Waals surface area contributed by atoms with Crippen LogP contribution in [0.3, 0.4) is 0 Å². The number of nitrogens with zero attached hydrogens (tertiary/aromatic N) is 1. The molecule has 0 amide bonds. The first kappa shape index (κ1) is 14.3. The molecule has 1 aromatic heterocycles. The Bertz CT molecular complexity index is 757. The number of benzene rings is 1. The number of hydrogen-bond donors (Lipinski definition) is 2. The Morgan fingerprint density at radius 2 is 1.86 bits per heavy atom. The van der Waals surface area contributed by atoms with Crippen molar-refractivity contribution in [1.29, 1.82) is 0 Å². The second-order valence-electron chi connectivity index (χ2n) is 4.91. The lowest BCUT2D eigenvalue weighted by molar-refractivity contribution is 0.276. The smallest absolute Gasteiger partial charge is 0.177 e. The van der Waals surface area contributed by atoms with Gasteiger partial charge in [0.2, 0.25) is 0 Å². The summed E-state index contributed by atoms with van der Waals surface area (Å²) >= 11 is 5.05. The highest BCUT2D eigenvalue weighted by atomic mass is 32.1. The van der Waals surface area contributed by atoms with Gasteiger partial charge in [-0.2, -0.15) is 0 Å². The van der Waals surface area contributed by atoms with Gasteiger partial charge < -0.3 is 14.7 Å². The molecule has 1 aromatic carbocycles. The van der Waals surface area contributed by atoms with Crippen LogP contribution in [0.1, 0.15) is 22.9 Å². The average molecular weight is 318 g/mol. The average Bonchev–Trinajstić information content (AvgIpc) is 2.98. The van der Waals surface area contributed by atoms with E-state index in [4.69, 9.17) is 12.2 Å². The number of aromatic amines is 1. The minimum atomic E-state index is -1.42. The fourth-order valence-corrected chi connectivity index (χ4v) is 3.08. The van der Waals surface area contributed by atoms with Crippen LogP contribution in [0.25, 0.3) is 0 Å². The maximum Gasteiger partial charge on any atom is 0.177 e. The Hall–Kier alpha value is -1.67. The van der Waals surface area contributed by atoms with Gasteiger partial charge in [-0.1, -0.05) is 0 Å². The molecule has 3 rings (SSSR count). The molecule has 2 aromatic rings. The lowest BCUT2D eigenvalue weighted by atomic mass is 9.95. The molecule has 1 aliphatic rings. The molecular formula is C13H10F4N2OS. The van der Waals surface area contributed by atoms with E-state index in [1.807, 2.05) is 0 Å². The Balaban J connectivity index is 2.08. The van der Waals surface area contributed by atoms with Crippen molar-refractivity contribution in [3.63, 3.8) is 0 Å². The summed E-state index contributed by atoms with van der Waals surface area (Å²) < 4.78 is 56.1. The number of rotatable bonds is 2. The van der Waals surface area contributed by atoms with Gasteiger partial charge in [0.05, 0.1) is 12.3 Å². The molecule has 1 atom stereocenters. The molecule has 1 aliphatic heterocycles. The van der Waals surface area contributed by atoms with Crippen molar-refractivity contribution in [2.45, 2.75) is 25.5 Å².